The van der Waals surface area contributed by atoms with E-state index >= 15 is 0 Å². The van der Waals surface area contributed by atoms with Crippen LogP contribution in [-0.4, -0.2) is 25.0 Å². The van der Waals surface area contributed by atoms with Crippen molar-refractivity contribution in [2.45, 2.75) is 64.8 Å². The summed E-state index contributed by atoms with van der Waals surface area (Å²) in [6.45, 7) is 5.56. The summed E-state index contributed by atoms with van der Waals surface area (Å²) in [7, 11) is 0. The average molecular weight is 240 g/mol. The van der Waals surface area contributed by atoms with Crippen LogP contribution < -0.4 is 10.6 Å². The number of carbonyl (C=O) groups excluding carboxylic acids is 1. The van der Waals surface area contributed by atoms with Crippen LogP contribution >= 0.6 is 0 Å². The maximum absolute atomic E-state index is 11.5. The number of hydrogen-bond donors (Lipinski definition) is 2. The molecule has 0 spiro atoms. The van der Waals surface area contributed by atoms with Crippen molar-refractivity contribution in [3.05, 3.63) is 0 Å². The van der Waals surface area contributed by atoms with Crippen LogP contribution in [0.1, 0.15) is 58.8 Å². The Labute approximate surface area is 106 Å². The minimum atomic E-state index is 0.132. The van der Waals surface area contributed by atoms with Crippen molar-refractivity contribution >= 4 is 5.91 Å². The van der Waals surface area contributed by atoms with Gasteiger partial charge in [0.1, 0.15) is 0 Å². The molecule has 3 nitrogen and oxygen atoms in total. The van der Waals surface area contributed by atoms with Crippen LogP contribution in [0.5, 0.6) is 0 Å². The largest absolute Gasteiger partial charge is 0.355 e. The first-order chi connectivity index (χ1) is 8.24. The Balaban J connectivity index is 2.18. The lowest BCUT2D eigenvalue weighted by atomic mass is 9.93. The second kappa shape index (κ2) is 8.51. The van der Waals surface area contributed by atoms with Crippen molar-refractivity contribution in [3.63, 3.8) is 0 Å². The van der Waals surface area contributed by atoms with Crippen LogP contribution in [0.15, 0.2) is 0 Å². The SMILES string of the molecule is CCCNC(=O)CN[C@H](C)C1CCCCCC1. The van der Waals surface area contributed by atoms with Gasteiger partial charge in [0.05, 0.1) is 6.54 Å². The highest BCUT2D eigenvalue weighted by atomic mass is 16.1. The fraction of sp³-hybridized carbons (Fsp3) is 0.929. The fourth-order valence-corrected chi connectivity index (χ4v) is 2.56. The first-order valence-electron chi connectivity index (χ1n) is 7.24. The second-order valence-corrected chi connectivity index (χ2v) is 5.27. The zero-order valence-electron chi connectivity index (χ0n) is 11.4. The molecule has 0 aromatic heterocycles. The molecule has 2 N–H and O–H groups in total. The normalized spacial score (nSPS) is 19.6. The van der Waals surface area contributed by atoms with E-state index in [1.54, 1.807) is 0 Å². The Morgan fingerprint density at radius 1 is 1.24 bits per heavy atom. The first-order valence-corrected chi connectivity index (χ1v) is 7.24. The molecular formula is C14H28N2O. The molecule has 1 aliphatic carbocycles. The Bertz CT molecular complexity index is 210. The number of carbonyl (C=O) groups is 1. The van der Waals surface area contributed by atoms with Gasteiger partial charge in [0, 0.05) is 12.6 Å². The molecule has 1 saturated carbocycles. The molecule has 17 heavy (non-hydrogen) atoms. The van der Waals surface area contributed by atoms with Crippen LogP contribution in [0, 0.1) is 5.92 Å². The topological polar surface area (TPSA) is 41.1 Å². The highest BCUT2D eigenvalue weighted by molar-refractivity contribution is 5.77. The van der Waals surface area contributed by atoms with Gasteiger partial charge in [0.25, 0.3) is 0 Å². The molecule has 0 aromatic rings. The Hall–Kier alpha value is -0.570. The third-order valence-corrected chi connectivity index (χ3v) is 3.76. The maximum atomic E-state index is 11.5. The van der Waals surface area contributed by atoms with E-state index in [1.165, 1.54) is 38.5 Å². The van der Waals surface area contributed by atoms with Crippen LogP contribution in [0.3, 0.4) is 0 Å². The van der Waals surface area contributed by atoms with Crippen molar-refractivity contribution in [1.82, 2.24) is 10.6 Å². The average Bonchev–Trinajstić information content (AvgIpc) is 2.62. The van der Waals surface area contributed by atoms with E-state index in [9.17, 15) is 4.79 Å². The van der Waals surface area contributed by atoms with Gasteiger partial charge in [-0.3, -0.25) is 4.79 Å². The predicted octanol–water partition coefficient (Wildman–Crippen LogP) is 2.46. The Morgan fingerprint density at radius 3 is 2.47 bits per heavy atom. The van der Waals surface area contributed by atoms with Crippen molar-refractivity contribution in [3.8, 4) is 0 Å². The fourth-order valence-electron chi connectivity index (χ4n) is 2.56. The molecule has 0 unspecified atom stereocenters. The maximum Gasteiger partial charge on any atom is 0.233 e. The standard InChI is InChI=1S/C14H28N2O/c1-3-10-15-14(17)11-16-12(2)13-8-6-4-5-7-9-13/h12-13,16H,3-11H2,1-2H3,(H,15,17)/t12-/m1/s1. The van der Waals surface area contributed by atoms with Gasteiger partial charge in [-0.1, -0.05) is 32.6 Å². The van der Waals surface area contributed by atoms with Gasteiger partial charge in [-0.2, -0.15) is 0 Å². The molecule has 0 heterocycles. The molecule has 1 aliphatic rings. The van der Waals surface area contributed by atoms with Gasteiger partial charge < -0.3 is 10.6 Å². The van der Waals surface area contributed by atoms with Gasteiger partial charge in [-0.15, -0.1) is 0 Å². The molecule has 0 aliphatic heterocycles. The number of hydrogen-bond acceptors (Lipinski definition) is 2. The smallest absolute Gasteiger partial charge is 0.233 e. The number of amides is 1. The second-order valence-electron chi connectivity index (χ2n) is 5.27. The molecule has 0 aromatic carbocycles. The van der Waals surface area contributed by atoms with Crippen LogP contribution in [-0.2, 0) is 4.79 Å². The summed E-state index contributed by atoms with van der Waals surface area (Å²) in [5.74, 6) is 0.892. The van der Waals surface area contributed by atoms with Crippen molar-refractivity contribution < 1.29 is 4.79 Å². The highest BCUT2D eigenvalue weighted by Gasteiger charge is 2.18. The molecule has 1 fully saturated rings. The zero-order chi connectivity index (χ0) is 12.5. The summed E-state index contributed by atoms with van der Waals surface area (Å²) in [6.07, 6.45) is 9.15. The van der Waals surface area contributed by atoms with Crippen LogP contribution in [0.25, 0.3) is 0 Å². The molecule has 0 saturated heterocycles. The minimum Gasteiger partial charge on any atom is -0.355 e. The Morgan fingerprint density at radius 2 is 1.88 bits per heavy atom. The molecule has 3 heteroatoms. The molecule has 0 bridgehead atoms. The molecule has 1 rings (SSSR count). The van der Waals surface area contributed by atoms with E-state index < -0.39 is 0 Å². The summed E-state index contributed by atoms with van der Waals surface area (Å²) in [6, 6.07) is 0.473. The Kier molecular flexibility index (Phi) is 7.25. The summed E-state index contributed by atoms with van der Waals surface area (Å²) in [5.41, 5.74) is 0. The molecule has 100 valence electrons. The lowest BCUT2D eigenvalue weighted by Crippen LogP contribution is -2.41. The van der Waals surface area contributed by atoms with Crippen LogP contribution in [0.2, 0.25) is 0 Å². The summed E-state index contributed by atoms with van der Waals surface area (Å²) >= 11 is 0. The highest BCUT2D eigenvalue weighted by Crippen LogP contribution is 2.25. The van der Waals surface area contributed by atoms with Gasteiger partial charge in [-0.25, -0.2) is 0 Å². The molecular weight excluding hydrogens is 212 g/mol. The van der Waals surface area contributed by atoms with Gasteiger partial charge in [-0.05, 0) is 32.1 Å². The van der Waals surface area contributed by atoms with E-state index in [1.807, 2.05) is 0 Å². The lowest BCUT2D eigenvalue weighted by Gasteiger charge is -2.23. The third kappa shape index (κ3) is 6.06. The molecule has 1 atom stereocenters. The van der Waals surface area contributed by atoms with Gasteiger partial charge in [0.2, 0.25) is 5.91 Å². The minimum absolute atomic E-state index is 0.132. The summed E-state index contributed by atoms with van der Waals surface area (Å²) < 4.78 is 0. The first kappa shape index (κ1) is 14.5. The van der Waals surface area contributed by atoms with Crippen molar-refractivity contribution in [1.29, 1.82) is 0 Å². The summed E-state index contributed by atoms with van der Waals surface area (Å²) in [5, 5.41) is 6.28. The quantitative estimate of drug-likeness (QED) is 0.700. The van der Waals surface area contributed by atoms with E-state index in [0.717, 1.165) is 18.9 Å². The molecule has 0 radical (unpaired) electrons. The van der Waals surface area contributed by atoms with E-state index in [4.69, 9.17) is 0 Å². The third-order valence-electron chi connectivity index (χ3n) is 3.76. The van der Waals surface area contributed by atoms with Crippen molar-refractivity contribution in [2.24, 2.45) is 5.92 Å². The van der Waals surface area contributed by atoms with Crippen molar-refractivity contribution in [2.75, 3.05) is 13.1 Å². The van der Waals surface area contributed by atoms with Gasteiger partial charge >= 0.3 is 0 Å². The van der Waals surface area contributed by atoms with Crippen LogP contribution in [0.4, 0.5) is 0 Å². The summed E-state index contributed by atoms with van der Waals surface area (Å²) in [4.78, 5) is 11.5. The predicted molar refractivity (Wildman–Crippen MR) is 72.0 cm³/mol. The number of nitrogens with one attached hydrogen (secondary N) is 2. The zero-order valence-corrected chi connectivity index (χ0v) is 11.4. The van der Waals surface area contributed by atoms with E-state index in [-0.39, 0.29) is 5.91 Å². The van der Waals surface area contributed by atoms with E-state index in [0.29, 0.717) is 12.6 Å². The monoisotopic (exact) mass is 240 g/mol. The van der Waals surface area contributed by atoms with E-state index in [2.05, 4.69) is 24.5 Å². The lowest BCUT2D eigenvalue weighted by molar-refractivity contribution is -0.120. The van der Waals surface area contributed by atoms with Gasteiger partial charge in [0.15, 0.2) is 0 Å². The molecule has 1 amide bonds. The number of rotatable bonds is 6.